The lowest BCUT2D eigenvalue weighted by Gasteiger charge is -2.36. The molecule has 0 N–H and O–H groups in total. The molecule has 0 amide bonds. The topological polar surface area (TPSA) is 110 Å². The molecule has 0 saturated carbocycles. The summed E-state index contributed by atoms with van der Waals surface area (Å²) in [5, 5.41) is 11.8. The van der Waals surface area contributed by atoms with Gasteiger partial charge >= 0.3 is 5.97 Å². The van der Waals surface area contributed by atoms with E-state index in [2.05, 4.69) is 0 Å². The standard InChI is InChI=1S/C19H27N3O6S/c1-28-19(23)13-15-7-3-6-12-21(15)17-9-8-16(14-18(17)22(24)25)29(26,27)20-10-4-2-5-11-20/h8-9,14-15H,2-7,10-13H2,1H3. The number of anilines is 1. The van der Waals surface area contributed by atoms with Gasteiger partial charge in [-0.25, -0.2) is 8.42 Å². The second-order valence-corrected chi connectivity index (χ2v) is 9.43. The minimum Gasteiger partial charge on any atom is -0.469 e. The third-order valence-electron chi connectivity index (χ3n) is 5.66. The highest BCUT2D eigenvalue weighted by Gasteiger charge is 2.33. The van der Waals surface area contributed by atoms with Gasteiger partial charge in [0.2, 0.25) is 10.0 Å². The van der Waals surface area contributed by atoms with Crippen LogP contribution in [0.25, 0.3) is 0 Å². The molecule has 1 atom stereocenters. The zero-order valence-electron chi connectivity index (χ0n) is 16.6. The van der Waals surface area contributed by atoms with Crippen LogP contribution in [0.1, 0.15) is 44.9 Å². The van der Waals surface area contributed by atoms with Crippen molar-refractivity contribution in [2.24, 2.45) is 0 Å². The summed E-state index contributed by atoms with van der Waals surface area (Å²) in [4.78, 5) is 24.8. The monoisotopic (exact) mass is 425 g/mol. The maximum absolute atomic E-state index is 12.9. The molecule has 2 fully saturated rings. The van der Waals surface area contributed by atoms with E-state index in [4.69, 9.17) is 4.74 Å². The van der Waals surface area contributed by atoms with Gasteiger partial charge in [0.25, 0.3) is 5.69 Å². The number of carbonyl (C=O) groups excluding carboxylic acids is 1. The second-order valence-electron chi connectivity index (χ2n) is 7.50. The van der Waals surface area contributed by atoms with Crippen molar-refractivity contribution in [2.75, 3.05) is 31.6 Å². The van der Waals surface area contributed by atoms with Gasteiger partial charge in [0.1, 0.15) is 5.69 Å². The number of piperidine rings is 2. The van der Waals surface area contributed by atoms with Crippen molar-refractivity contribution in [1.82, 2.24) is 4.31 Å². The number of methoxy groups -OCH3 is 1. The van der Waals surface area contributed by atoms with E-state index in [0.717, 1.165) is 44.6 Å². The lowest BCUT2D eigenvalue weighted by Crippen LogP contribution is -2.41. The number of rotatable bonds is 6. The molecular formula is C19H27N3O6S. The Morgan fingerprint density at radius 2 is 1.86 bits per heavy atom. The molecule has 2 saturated heterocycles. The summed E-state index contributed by atoms with van der Waals surface area (Å²) in [6.07, 6.45) is 5.21. The first kappa shape index (κ1) is 21.5. The van der Waals surface area contributed by atoms with Crippen LogP contribution in [-0.2, 0) is 19.6 Å². The maximum atomic E-state index is 12.9. The van der Waals surface area contributed by atoms with Crippen LogP contribution in [0, 0.1) is 10.1 Å². The van der Waals surface area contributed by atoms with Crippen LogP contribution in [0.2, 0.25) is 0 Å². The lowest BCUT2D eigenvalue weighted by atomic mass is 9.98. The Morgan fingerprint density at radius 3 is 2.52 bits per heavy atom. The zero-order chi connectivity index (χ0) is 21.0. The molecular weight excluding hydrogens is 398 g/mol. The number of nitro groups is 1. The van der Waals surface area contributed by atoms with Crippen LogP contribution in [0.5, 0.6) is 0 Å². The fourth-order valence-corrected chi connectivity index (χ4v) is 5.65. The third-order valence-corrected chi connectivity index (χ3v) is 7.56. The van der Waals surface area contributed by atoms with E-state index in [0.29, 0.717) is 25.3 Å². The van der Waals surface area contributed by atoms with E-state index < -0.39 is 14.9 Å². The molecule has 0 bridgehead atoms. The highest BCUT2D eigenvalue weighted by molar-refractivity contribution is 7.89. The van der Waals surface area contributed by atoms with Crippen molar-refractivity contribution < 1.29 is 22.9 Å². The fraction of sp³-hybridized carbons (Fsp3) is 0.632. The fourth-order valence-electron chi connectivity index (χ4n) is 4.11. The van der Waals surface area contributed by atoms with E-state index in [1.807, 2.05) is 4.90 Å². The van der Waals surface area contributed by atoms with Crippen molar-refractivity contribution in [3.05, 3.63) is 28.3 Å². The predicted octanol–water partition coefficient (Wildman–Crippen LogP) is 2.69. The SMILES string of the molecule is COC(=O)CC1CCCCN1c1ccc(S(=O)(=O)N2CCCCC2)cc1[N+](=O)[O-]. The molecule has 2 heterocycles. The predicted molar refractivity (Wildman–Crippen MR) is 107 cm³/mol. The molecule has 160 valence electrons. The van der Waals surface area contributed by atoms with Crippen LogP contribution in [0.4, 0.5) is 11.4 Å². The smallest absolute Gasteiger partial charge is 0.307 e. The van der Waals surface area contributed by atoms with E-state index in [1.54, 1.807) is 0 Å². The van der Waals surface area contributed by atoms with Crippen molar-refractivity contribution in [3.8, 4) is 0 Å². The Morgan fingerprint density at radius 1 is 1.17 bits per heavy atom. The number of esters is 1. The number of nitro benzene ring substituents is 1. The summed E-state index contributed by atoms with van der Waals surface area (Å²) < 4.78 is 32.0. The summed E-state index contributed by atoms with van der Waals surface area (Å²) in [6.45, 7) is 1.44. The molecule has 1 aromatic carbocycles. The number of hydrogen-bond donors (Lipinski definition) is 0. The van der Waals surface area contributed by atoms with E-state index in [9.17, 15) is 23.3 Å². The number of benzene rings is 1. The molecule has 1 unspecified atom stereocenters. The number of nitrogens with zero attached hydrogens (tertiary/aromatic N) is 3. The van der Waals surface area contributed by atoms with Gasteiger partial charge in [0.05, 0.1) is 23.3 Å². The van der Waals surface area contributed by atoms with Gasteiger partial charge in [-0.05, 0) is 44.2 Å². The largest absolute Gasteiger partial charge is 0.469 e. The van der Waals surface area contributed by atoms with Crippen LogP contribution in [0.3, 0.4) is 0 Å². The Kier molecular flexibility index (Phi) is 6.74. The van der Waals surface area contributed by atoms with Crippen molar-refractivity contribution in [2.45, 2.75) is 55.9 Å². The minimum atomic E-state index is -3.77. The molecule has 3 rings (SSSR count). The lowest BCUT2D eigenvalue weighted by molar-refractivity contribution is -0.384. The Hall–Kier alpha value is -2.20. The molecule has 1 aromatic rings. The minimum absolute atomic E-state index is 0.0589. The van der Waals surface area contributed by atoms with Crippen LogP contribution < -0.4 is 4.90 Å². The first-order valence-corrected chi connectivity index (χ1v) is 11.4. The number of carbonyl (C=O) groups is 1. The van der Waals surface area contributed by atoms with Gasteiger partial charge in [0.15, 0.2) is 0 Å². The van der Waals surface area contributed by atoms with Gasteiger partial charge in [-0.1, -0.05) is 6.42 Å². The van der Waals surface area contributed by atoms with Crippen LogP contribution in [-0.4, -0.2) is 56.4 Å². The molecule has 0 aromatic heterocycles. The van der Waals surface area contributed by atoms with Gasteiger partial charge < -0.3 is 9.64 Å². The van der Waals surface area contributed by atoms with Crippen molar-refractivity contribution in [1.29, 1.82) is 0 Å². The van der Waals surface area contributed by atoms with Gasteiger partial charge in [-0.2, -0.15) is 4.31 Å². The quantitative estimate of drug-likeness (QED) is 0.391. The van der Waals surface area contributed by atoms with E-state index >= 15 is 0 Å². The Balaban J connectivity index is 1.95. The number of ether oxygens (including phenoxy) is 1. The normalized spacial score (nSPS) is 21.0. The molecule has 9 nitrogen and oxygen atoms in total. The third kappa shape index (κ3) is 4.69. The second kappa shape index (κ2) is 9.08. The Bertz CT molecular complexity index is 867. The molecule has 0 aliphatic carbocycles. The molecule has 2 aliphatic heterocycles. The van der Waals surface area contributed by atoms with Crippen molar-refractivity contribution >= 4 is 27.4 Å². The maximum Gasteiger partial charge on any atom is 0.307 e. The average Bonchev–Trinajstić information content (AvgIpc) is 2.74. The zero-order valence-corrected chi connectivity index (χ0v) is 17.4. The highest BCUT2D eigenvalue weighted by Crippen LogP contribution is 2.36. The molecule has 2 aliphatic rings. The van der Waals surface area contributed by atoms with Crippen LogP contribution in [0.15, 0.2) is 23.1 Å². The molecule has 0 radical (unpaired) electrons. The first-order chi connectivity index (χ1) is 13.8. The van der Waals surface area contributed by atoms with Crippen LogP contribution >= 0.6 is 0 Å². The number of hydrogen-bond acceptors (Lipinski definition) is 7. The highest BCUT2D eigenvalue weighted by atomic mass is 32.2. The van der Waals surface area contributed by atoms with E-state index in [-0.39, 0.29) is 29.0 Å². The summed E-state index contributed by atoms with van der Waals surface area (Å²) in [5.74, 6) is -0.367. The summed E-state index contributed by atoms with van der Waals surface area (Å²) in [5.41, 5.74) is 0.0982. The average molecular weight is 426 g/mol. The Labute approximate surface area is 170 Å². The molecule has 29 heavy (non-hydrogen) atoms. The summed E-state index contributed by atoms with van der Waals surface area (Å²) >= 11 is 0. The first-order valence-electron chi connectivity index (χ1n) is 9.96. The summed E-state index contributed by atoms with van der Waals surface area (Å²) in [7, 11) is -2.45. The van der Waals surface area contributed by atoms with Gasteiger partial charge in [0, 0.05) is 31.7 Å². The number of sulfonamides is 1. The van der Waals surface area contributed by atoms with Gasteiger partial charge in [-0.3, -0.25) is 14.9 Å². The van der Waals surface area contributed by atoms with E-state index in [1.165, 1.54) is 23.5 Å². The summed E-state index contributed by atoms with van der Waals surface area (Å²) in [6, 6.07) is 3.89. The van der Waals surface area contributed by atoms with Crippen molar-refractivity contribution in [3.63, 3.8) is 0 Å². The molecule has 0 spiro atoms. The molecule has 10 heteroatoms. The van der Waals surface area contributed by atoms with Gasteiger partial charge in [-0.15, -0.1) is 0 Å².